The molecule has 1 unspecified atom stereocenters. The maximum Gasteiger partial charge on any atom is 0.270 e. The molecule has 0 saturated carbocycles. The van der Waals surface area contributed by atoms with Crippen LogP contribution in [-0.4, -0.2) is 43.4 Å². The van der Waals surface area contributed by atoms with Gasteiger partial charge in [-0.2, -0.15) is 9.78 Å². The van der Waals surface area contributed by atoms with Gasteiger partial charge in [0.2, 0.25) is 0 Å². The van der Waals surface area contributed by atoms with Gasteiger partial charge in [-0.25, -0.2) is 9.97 Å². The summed E-state index contributed by atoms with van der Waals surface area (Å²) in [6, 6.07) is 12.7. The Morgan fingerprint density at radius 2 is 1.92 bits per heavy atom. The van der Waals surface area contributed by atoms with Crippen LogP contribution in [0, 0.1) is 6.92 Å². The highest BCUT2D eigenvalue weighted by Crippen LogP contribution is 2.10. The summed E-state index contributed by atoms with van der Waals surface area (Å²) in [5.74, 6) is -0.00704. The van der Waals surface area contributed by atoms with Crippen molar-refractivity contribution in [3.05, 3.63) is 71.8 Å². The van der Waals surface area contributed by atoms with Crippen LogP contribution in [0.3, 0.4) is 0 Å². The van der Waals surface area contributed by atoms with Crippen LogP contribution in [0.2, 0.25) is 0 Å². The van der Waals surface area contributed by atoms with Crippen molar-refractivity contribution >= 4 is 5.91 Å². The van der Waals surface area contributed by atoms with Gasteiger partial charge < -0.3 is 10.4 Å². The molecule has 1 aromatic carbocycles. The summed E-state index contributed by atoms with van der Waals surface area (Å²) < 4.78 is 1.40. The van der Waals surface area contributed by atoms with E-state index in [-0.39, 0.29) is 12.5 Å². The third-order valence-corrected chi connectivity index (χ3v) is 3.69. The van der Waals surface area contributed by atoms with Gasteiger partial charge in [-0.1, -0.05) is 30.3 Å². The van der Waals surface area contributed by atoms with Crippen molar-refractivity contribution in [2.75, 3.05) is 6.61 Å². The highest BCUT2D eigenvalue weighted by Gasteiger charge is 2.20. The Bertz CT molecular complexity index is 833. The van der Waals surface area contributed by atoms with Crippen molar-refractivity contribution in [2.24, 2.45) is 0 Å². The first-order chi connectivity index (χ1) is 12.2. The van der Waals surface area contributed by atoms with E-state index in [0.29, 0.717) is 23.8 Å². The minimum atomic E-state index is -0.393. The molecule has 0 aliphatic carbocycles. The van der Waals surface area contributed by atoms with E-state index in [4.69, 9.17) is 0 Å². The van der Waals surface area contributed by atoms with Crippen LogP contribution < -0.4 is 5.32 Å². The second-order valence-corrected chi connectivity index (χ2v) is 5.67. The standard InChI is InChI=1S/C18H19N5O2/c1-13-10-16(23(22-13)18-19-8-5-9-20-18)17(25)21-15(12-24)11-14-6-3-2-4-7-14/h2-10,15,24H,11-12H2,1H3,(H,21,25). The monoisotopic (exact) mass is 337 g/mol. The summed E-state index contributed by atoms with van der Waals surface area (Å²) in [6.45, 7) is 1.64. The third kappa shape index (κ3) is 4.07. The van der Waals surface area contributed by atoms with E-state index in [9.17, 15) is 9.90 Å². The third-order valence-electron chi connectivity index (χ3n) is 3.69. The Morgan fingerprint density at radius 3 is 2.60 bits per heavy atom. The number of nitrogens with one attached hydrogen (secondary N) is 1. The molecule has 3 rings (SSSR count). The van der Waals surface area contributed by atoms with Crippen LogP contribution in [0.4, 0.5) is 0 Å². The largest absolute Gasteiger partial charge is 0.394 e. The van der Waals surface area contributed by atoms with Crippen molar-refractivity contribution in [2.45, 2.75) is 19.4 Å². The van der Waals surface area contributed by atoms with Crippen molar-refractivity contribution in [3.63, 3.8) is 0 Å². The van der Waals surface area contributed by atoms with Gasteiger partial charge >= 0.3 is 0 Å². The summed E-state index contributed by atoms with van der Waals surface area (Å²) in [5.41, 5.74) is 2.05. The Kier molecular flexibility index (Phi) is 5.15. The van der Waals surface area contributed by atoms with E-state index in [1.54, 1.807) is 31.5 Å². The smallest absolute Gasteiger partial charge is 0.270 e. The molecule has 1 amide bonds. The Balaban J connectivity index is 1.79. The fourth-order valence-corrected chi connectivity index (χ4v) is 2.53. The van der Waals surface area contributed by atoms with Crippen molar-refractivity contribution in [1.82, 2.24) is 25.1 Å². The average Bonchev–Trinajstić information content (AvgIpc) is 3.04. The number of aryl methyl sites for hydroxylation is 1. The summed E-state index contributed by atoms with van der Waals surface area (Å²) >= 11 is 0. The summed E-state index contributed by atoms with van der Waals surface area (Å²) in [7, 11) is 0. The minimum absolute atomic E-state index is 0.157. The van der Waals surface area contributed by atoms with E-state index in [2.05, 4.69) is 20.4 Å². The van der Waals surface area contributed by atoms with Gasteiger partial charge in [-0.05, 0) is 31.0 Å². The molecule has 0 bridgehead atoms. The molecule has 0 spiro atoms. The van der Waals surface area contributed by atoms with Crippen LogP contribution in [0.1, 0.15) is 21.7 Å². The maximum absolute atomic E-state index is 12.7. The first kappa shape index (κ1) is 16.8. The molecular weight excluding hydrogens is 318 g/mol. The van der Waals surface area contributed by atoms with Crippen LogP contribution in [0.25, 0.3) is 5.95 Å². The fraction of sp³-hybridized carbons (Fsp3) is 0.222. The predicted octanol–water partition coefficient (Wildman–Crippen LogP) is 1.30. The molecule has 0 saturated heterocycles. The van der Waals surface area contributed by atoms with E-state index in [1.165, 1.54) is 4.68 Å². The van der Waals surface area contributed by atoms with Crippen LogP contribution in [-0.2, 0) is 6.42 Å². The van der Waals surface area contributed by atoms with Gasteiger partial charge in [0.15, 0.2) is 0 Å². The van der Waals surface area contributed by atoms with Crippen molar-refractivity contribution in [3.8, 4) is 5.95 Å². The number of aliphatic hydroxyl groups excluding tert-OH is 1. The number of aliphatic hydroxyl groups is 1. The number of carbonyl (C=O) groups excluding carboxylic acids is 1. The molecule has 7 nitrogen and oxygen atoms in total. The quantitative estimate of drug-likeness (QED) is 0.707. The number of nitrogens with zero attached hydrogens (tertiary/aromatic N) is 4. The number of amides is 1. The molecule has 1 atom stereocenters. The normalized spacial score (nSPS) is 11.9. The molecule has 2 aromatic heterocycles. The zero-order valence-corrected chi connectivity index (χ0v) is 13.8. The van der Waals surface area contributed by atoms with E-state index < -0.39 is 6.04 Å². The topological polar surface area (TPSA) is 92.9 Å². The lowest BCUT2D eigenvalue weighted by Gasteiger charge is -2.16. The van der Waals surface area contributed by atoms with Crippen LogP contribution in [0.5, 0.6) is 0 Å². The molecule has 2 N–H and O–H groups in total. The second-order valence-electron chi connectivity index (χ2n) is 5.67. The number of hydrogen-bond acceptors (Lipinski definition) is 5. The number of benzene rings is 1. The number of hydrogen-bond donors (Lipinski definition) is 2. The van der Waals surface area contributed by atoms with Gasteiger partial charge in [-0.3, -0.25) is 4.79 Å². The van der Waals surface area contributed by atoms with Crippen LogP contribution >= 0.6 is 0 Å². The molecule has 0 radical (unpaired) electrons. The zero-order chi connectivity index (χ0) is 17.6. The molecular formula is C18H19N5O2. The van der Waals surface area contributed by atoms with Gasteiger partial charge in [-0.15, -0.1) is 0 Å². The van der Waals surface area contributed by atoms with Gasteiger partial charge in [0.25, 0.3) is 11.9 Å². The van der Waals surface area contributed by atoms with E-state index in [1.807, 2.05) is 30.3 Å². The van der Waals surface area contributed by atoms with Crippen molar-refractivity contribution < 1.29 is 9.90 Å². The lowest BCUT2D eigenvalue weighted by molar-refractivity contribution is 0.0908. The Labute approximate surface area is 145 Å². The molecule has 0 aliphatic rings. The fourth-order valence-electron chi connectivity index (χ4n) is 2.53. The molecule has 0 fully saturated rings. The average molecular weight is 337 g/mol. The van der Waals surface area contributed by atoms with Gasteiger partial charge in [0, 0.05) is 12.4 Å². The minimum Gasteiger partial charge on any atom is -0.394 e. The highest BCUT2D eigenvalue weighted by atomic mass is 16.3. The van der Waals surface area contributed by atoms with Gasteiger partial charge in [0.05, 0.1) is 18.3 Å². The lowest BCUT2D eigenvalue weighted by Crippen LogP contribution is -2.40. The van der Waals surface area contributed by atoms with Crippen LogP contribution in [0.15, 0.2) is 54.9 Å². The number of aromatic nitrogens is 4. The first-order valence-corrected chi connectivity index (χ1v) is 7.97. The second kappa shape index (κ2) is 7.67. The Hall–Kier alpha value is -3.06. The van der Waals surface area contributed by atoms with E-state index in [0.717, 1.165) is 5.56 Å². The molecule has 7 heteroatoms. The molecule has 25 heavy (non-hydrogen) atoms. The number of carbonyl (C=O) groups is 1. The molecule has 128 valence electrons. The number of rotatable bonds is 6. The van der Waals surface area contributed by atoms with Gasteiger partial charge in [0.1, 0.15) is 5.69 Å². The Morgan fingerprint density at radius 1 is 1.20 bits per heavy atom. The summed E-state index contributed by atoms with van der Waals surface area (Å²) in [6.07, 6.45) is 3.72. The summed E-state index contributed by atoms with van der Waals surface area (Å²) in [5, 5.41) is 16.7. The lowest BCUT2D eigenvalue weighted by atomic mass is 10.1. The highest BCUT2D eigenvalue weighted by molar-refractivity contribution is 5.93. The molecule has 2 heterocycles. The first-order valence-electron chi connectivity index (χ1n) is 7.97. The SMILES string of the molecule is Cc1cc(C(=O)NC(CO)Cc2ccccc2)n(-c2ncccn2)n1. The zero-order valence-electron chi connectivity index (χ0n) is 13.8. The molecule has 0 aliphatic heterocycles. The predicted molar refractivity (Wildman–Crippen MR) is 92.4 cm³/mol. The van der Waals surface area contributed by atoms with Crippen molar-refractivity contribution in [1.29, 1.82) is 0 Å². The molecule has 3 aromatic rings. The summed E-state index contributed by atoms with van der Waals surface area (Å²) in [4.78, 5) is 20.9. The van der Waals surface area contributed by atoms with E-state index >= 15 is 0 Å². The maximum atomic E-state index is 12.7.